The summed E-state index contributed by atoms with van der Waals surface area (Å²) in [4.78, 5) is 11.6. The first-order chi connectivity index (χ1) is 9.56. The molecule has 3 N–H and O–H groups in total. The summed E-state index contributed by atoms with van der Waals surface area (Å²) in [7, 11) is 0. The molecule has 0 saturated carbocycles. The Labute approximate surface area is 122 Å². The van der Waals surface area contributed by atoms with Gasteiger partial charge in [-0.15, -0.1) is 0 Å². The molecule has 0 fully saturated rings. The SMILES string of the molecule is O=C(NCC(O)c1ccco1)Nc1cc(Br)ccc1F. The number of aliphatic hydroxyl groups is 1. The van der Waals surface area contributed by atoms with E-state index in [9.17, 15) is 14.3 Å². The standard InChI is InChI=1S/C13H12BrFN2O3/c14-8-3-4-9(15)10(6-8)17-13(19)16-7-11(18)12-2-1-5-20-12/h1-6,11,18H,7H2,(H2,16,17,19). The molecular weight excluding hydrogens is 331 g/mol. The zero-order valence-corrected chi connectivity index (χ0v) is 11.9. The Morgan fingerprint density at radius 3 is 2.95 bits per heavy atom. The molecule has 7 heteroatoms. The lowest BCUT2D eigenvalue weighted by Crippen LogP contribution is -2.32. The third kappa shape index (κ3) is 3.82. The van der Waals surface area contributed by atoms with E-state index >= 15 is 0 Å². The molecule has 0 aliphatic rings. The van der Waals surface area contributed by atoms with Gasteiger partial charge in [-0.3, -0.25) is 0 Å². The second-order valence-electron chi connectivity index (χ2n) is 3.99. The van der Waals surface area contributed by atoms with E-state index in [0.29, 0.717) is 10.2 Å². The molecular formula is C13H12BrFN2O3. The van der Waals surface area contributed by atoms with Gasteiger partial charge in [-0.25, -0.2) is 9.18 Å². The summed E-state index contributed by atoms with van der Waals surface area (Å²) in [6.07, 6.45) is 0.471. The molecule has 0 spiro atoms. The third-order valence-electron chi connectivity index (χ3n) is 2.50. The molecule has 1 unspecified atom stereocenters. The van der Waals surface area contributed by atoms with Crippen LogP contribution in [0.25, 0.3) is 0 Å². The van der Waals surface area contributed by atoms with Crippen LogP contribution in [0.2, 0.25) is 0 Å². The van der Waals surface area contributed by atoms with Gasteiger partial charge in [-0.1, -0.05) is 15.9 Å². The number of aliphatic hydroxyl groups excluding tert-OH is 1. The highest BCUT2D eigenvalue weighted by Crippen LogP contribution is 2.20. The van der Waals surface area contributed by atoms with E-state index in [1.807, 2.05) is 0 Å². The van der Waals surface area contributed by atoms with Gasteiger partial charge in [0.25, 0.3) is 0 Å². The van der Waals surface area contributed by atoms with E-state index in [2.05, 4.69) is 26.6 Å². The van der Waals surface area contributed by atoms with E-state index in [-0.39, 0.29) is 12.2 Å². The second-order valence-corrected chi connectivity index (χ2v) is 4.91. The first kappa shape index (κ1) is 14.5. The Balaban J connectivity index is 1.88. The quantitative estimate of drug-likeness (QED) is 0.799. The highest BCUT2D eigenvalue weighted by atomic mass is 79.9. The number of rotatable bonds is 4. The van der Waals surface area contributed by atoms with Gasteiger partial charge in [0.15, 0.2) is 0 Å². The van der Waals surface area contributed by atoms with Crippen molar-refractivity contribution in [3.63, 3.8) is 0 Å². The normalized spacial score (nSPS) is 11.9. The molecule has 1 aromatic heterocycles. The minimum atomic E-state index is -0.955. The summed E-state index contributed by atoms with van der Waals surface area (Å²) >= 11 is 3.18. The Hall–Kier alpha value is -1.86. The Bertz CT molecular complexity index is 589. The van der Waals surface area contributed by atoms with E-state index in [1.54, 1.807) is 12.1 Å². The highest BCUT2D eigenvalue weighted by Gasteiger charge is 2.12. The fourth-order valence-corrected chi connectivity index (χ4v) is 1.89. The highest BCUT2D eigenvalue weighted by molar-refractivity contribution is 9.10. The maximum atomic E-state index is 13.4. The van der Waals surface area contributed by atoms with Crippen molar-refractivity contribution in [2.24, 2.45) is 0 Å². The predicted molar refractivity (Wildman–Crippen MR) is 74.8 cm³/mol. The number of anilines is 1. The average molecular weight is 343 g/mol. The molecule has 106 valence electrons. The summed E-state index contributed by atoms with van der Waals surface area (Å²) in [5.41, 5.74) is 0.0457. The summed E-state index contributed by atoms with van der Waals surface area (Å²) < 4.78 is 19.1. The van der Waals surface area contributed by atoms with Crippen LogP contribution in [0.15, 0.2) is 45.5 Å². The van der Waals surface area contributed by atoms with E-state index in [4.69, 9.17) is 4.42 Å². The van der Waals surface area contributed by atoms with Crippen molar-refractivity contribution in [2.75, 3.05) is 11.9 Å². The first-order valence-corrected chi connectivity index (χ1v) is 6.57. The van der Waals surface area contributed by atoms with E-state index in [0.717, 1.165) is 0 Å². The number of urea groups is 1. The maximum absolute atomic E-state index is 13.4. The molecule has 2 amide bonds. The molecule has 1 atom stereocenters. The van der Waals surface area contributed by atoms with Crippen molar-refractivity contribution in [1.29, 1.82) is 0 Å². The smallest absolute Gasteiger partial charge is 0.319 e. The van der Waals surface area contributed by atoms with Crippen molar-refractivity contribution < 1.29 is 18.7 Å². The van der Waals surface area contributed by atoms with Crippen LogP contribution in [-0.4, -0.2) is 17.7 Å². The van der Waals surface area contributed by atoms with Crippen molar-refractivity contribution >= 4 is 27.6 Å². The number of amides is 2. The number of halogens is 2. The van der Waals surface area contributed by atoms with Gasteiger partial charge in [-0.05, 0) is 30.3 Å². The number of hydrogen-bond donors (Lipinski definition) is 3. The topological polar surface area (TPSA) is 74.5 Å². The van der Waals surface area contributed by atoms with Gasteiger partial charge >= 0.3 is 6.03 Å². The van der Waals surface area contributed by atoms with Crippen molar-refractivity contribution in [2.45, 2.75) is 6.10 Å². The molecule has 5 nitrogen and oxygen atoms in total. The Morgan fingerprint density at radius 1 is 1.45 bits per heavy atom. The van der Waals surface area contributed by atoms with Gasteiger partial charge in [0.2, 0.25) is 0 Å². The van der Waals surface area contributed by atoms with Gasteiger partial charge in [0, 0.05) is 4.47 Å². The molecule has 0 radical (unpaired) electrons. The summed E-state index contributed by atoms with van der Waals surface area (Å²) in [5, 5.41) is 14.5. The van der Waals surface area contributed by atoms with Gasteiger partial charge < -0.3 is 20.2 Å². The molecule has 0 aliphatic heterocycles. The summed E-state index contributed by atoms with van der Waals surface area (Å²) in [6, 6.07) is 6.81. The molecule has 2 aromatic rings. The van der Waals surface area contributed by atoms with Gasteiger partial charge in [0.1, 0.15) is 17.7 Å². The number of benzene rings is 1. The van der Waals surface area contributed by atoms with E-state index in [1.165, 1.54) is 24.5 Å². The maximum Gasteiger partial charge on any atom is 0.319 e. The number of nitrogens with one attached hydrogen (secondary N) is 2. The lowest BCUT2D eigenvalue weighted by molar-refractivity contribution is 0.149. The second kappa shape index (κ2) is 6.53. The predicted octanol–water partition coefficient (Wildman–Crippen LogP) is 3.04. The number of carbonyl (C=O) groups excluding carboxylic acids is 1. The van der Waals surface area contributed by atoms with Crippen LogP contribution >= 0.6 is 15.9 Å². The van der Waals surface area contributed by atoms with Gasteiger partial charge in [-0.2, -0.15) is 0 Å². The van der Waals surface area contributed by atoms with Crippen LogP contribution in [0.3, 0.4) is 0 Å². The lowest BCUT2D eigenvalue weighted by Gasteiger charge is -2.11. The third-order valence-corrected chi connectivity index (χ3v) is 3.00. The minimum Gasteiger partial charge on any atom is -0.467 e. The fraction of sp³-hybridized carbons (Fsp3) is 0.154. The van der Waals surface area contributed by atoms with Crippen LogP contribution in [0.4, 0.5) is 14.9 Å². The summed E-state index contributed by atoms with van der Waals surface area (Å²) in [5.74, 6) is -0.200. The molecule has 1 heterocycles. The van der Waals surface area contributed by atoms with Crippen LogP contribution < -0.4 is 10.6 Å². The first-order valence-electron chi connectivity index (χ1n) is 5.77. The van der Waals surface area contributed by atoms with Crippen LogP contribution in [-0.2, 0) is 0 Å². The molecule has 2 rings (SSSR count). The molecule has 20 heavy (non-hydrogen) atoms. The zero-order valence-electron chi connectivity index (χ0n) is 10.3. The zero-order chi connectivity index (χ0) is 14.5. The van der Waals surface area contributed by atoms with E-state index < -0.39 is 18.0 Å². The van der Waals surface area contributed by atoms with Crippen LogP contribution in [0, 0.1) is 5.82 Å². The van der Waals surface area contributed by atoms with Crippen molar-refractivity contribution in [1.82, 2.24) is 5.32 Å². The fourth-order valence-electron chi connectivity index (χ4n) is 1.53. The number of furan rings is 1. The summed E-state index contributed by atoms with van der Waals surface area (Å²) in [6.45, 7) is -0.0467. The largest absolute Gasteiger partial charge is 0.467 e. The molecule has 0 saturated heterocycles. The molecule has 0 bridgehead atoms. The molecule has 1 aromatic carbocycles. The molecule has 0 aliphatic carbocycles. The number of hydrogen-bond acceptors (Lipinski definition) is 3. The van der Waals surface area contributed by atoms with Gasteiger partial charge in [0.05, 0.1) is 18.5 Å². The Morgan fingerprint density at radius 2 is 2.25 bits per heavy atom. The lowest BCUT2D eigenvalue weighted by atomic mass is 10.3. The minimum absolute atomic E-state index is 0.0457. The Kier molecular flexibility index (Phi) is 4.75. The van der Waals surface area contributed by atoms with Crippen molar-refractivity contribution in [3.8, 4) is 0 Å². The monoisotopic (exact) mass is 342 g/mol. The van der Waals surface area contributed by atoms with Crippen LogP contribution in [0.5, 0.6) is 0 Å². The average Bonchev–Trinajstić information content (AvgIpc) is 2.94. The van der Waals surface area contributed by atoms with Crippen LogP contribution in [0.1, 0.15) is 11.9 Å². The van der Waals surface area contributed by atoms with Crippen molar-refractivity contribution in [3.05, 3.63) is 52.6 Å². The number of carbonyl (C=O) groups is 1.